The van der Waals surface area contributed by atoms with E-state index < -0.39 is 0 Å². The second kappa shape index (κ2) is 11.9. The number of benzene rings is 3. The third-order valence-corrected chi connectivity index (χ3v) is 5.52. The average molecular weight is 583 g/mol. The van der Waals surface area contributed by atoms with Gasteiger partial charge in [0.1, 0.15) is 12.4 Å². The lowest BCUT2D eigenvalue weighted by molar-refractivity contribution is -0.123. The number of amides is 1. The minimum atomic E-state index is -0.383. The molecule has 0 saturated carbocycles. The molecule has 0 heterocycles. The monoisotopic (exact) mass is 580 g/mol. The first-order valence-electron chi connectivity index (χ1n) is 9.39. The molecule has 0 aliphatic rings. The summed E-state index contributed by atoms with van der Waals surface area (Å²) < 4.78 is 18.4. The summed E-state index contributed by atoms with van der Waals surface area (Å²) in [6, 6.07) is 18.2. The lowest BCUT2D eigenvalue weighted by atomic mass is 10.2. The Balaban J connectivity index is 1.52. The van der Waals surface area contributed by atoms with Crippen LogP contribution in [0, 0.1) is 0 Å². The summed E-state index contributed by atoms with van der Waals surface area (Å²) in [7, 11) is 1.56. The van der Waals surface area contributed by atoms with Gasteiger partial charge >= 0.3 is 0 Å². The molecule has 3 aromatic carbocycles. The second-order valence-corrected chi connectivity index (χ2v) is 8.69. The Kier molecular flexibility index (Phi) is 8.96. The van der Waals surface area contributed by atoms with Crippen LogP contribution in [-0.2, 0) is 11.4 Å². The molecule has 6 nitrogen and oxygen atoms in total. The molecule has 0 radical (unpaired) electrons. The number of hydrazone groups is 1. The number of ether oxygens (including phenoxy) is 3. The molecule has 0 atom stereocenters. The number of rotatable bonds is 9. The van der Waals surface area contributed by atoms with E-state index in [0.717, 1.165) is 20.1 Å². The zero-order valence-corrected chi connectivity index (χ0v) is 20.9. The molecule has 0 aliphatic carbocycles. The van der Waals surface area contributed by atoms with Crippen molar-refractivity contribution in [1.82, 2.24) is 5.43 Å². The summed E-state index contributed by atoms with van der Waals surface area (Å²) in [6.07, 6.45) is 1.51. The molecule has 0 unspecified atom stereocenters. The molecule has 0 fully saturated rings. The van der Waals surface area contributed by atoms with E-state index in [1.807, 2.05) is 42.5 Å². The fraction of sp³-hybridized carbons (Fsp3) is 0.130. The van der Waals surface area contributed by atoms with Gasteiger partial charge in [0.2, 0.25) is 0 Å². The van der Waals surface area contributed by atoms with Gasteiger partial charge < -0.3 is 14.2 Å². The van der Waals surface area contributed by atoms with E-state index in [1.165, 1.54) is 6.21 Å². The van der Waals surface area contributed by atoms with Gasteiger partial charge in [0.25, 0.3) is 5.91 Å². The lowest BCUT2D eigenvalue weighted by Crippen LogP contribution is -2.24. The second-order valence-electron chi connectivity index (χ2n) is 6.48. The van der Waals surface area contributed by atoms with Gasteiger partial charge in [-0.05, 0) is 75.6 Å². The van der Waals surface area contributed by atoms with Crippen LogP contribution in [0.1, 0.15) is 11.1 Å². The van der Waals surface area contributed by atoms with E-state index in [-0.39, 0.29) is 12.5 Å². The van der Waals surface area contributed by atoms with Crippen LogP contribution in [0.5, 0.6) is 17.2 Å². The summed E-state index contributed by atoms with van der Waals surface area (Å²) in [5.41, 5.74) is 4.16. The summed E-state index contributed by atoms with van der Waals surface area (Å²) in [5.74, 6) is 1.33. The number of carbonyl (C=O) groups excluding carboxylic acids is 1. The Labute approximate surface area is 207 Å². The highest BCUT2D eigenvalue weighted by molar-refractivity contribution is 9.11. The maximum Gasteiger partial charge on any atom is 0.277 e. The summed E-state index contributed by atoms with van der Waals surface area (Å²) >= 11 is 12.6. The average Bonchev–Trinajstić information content (AvgIpc) is 2.78. The van der Waals surface area contributed by atoms with Crippen LogP contribution >= 0.6 is 43.5 Å². The van der Waals surface area contributed by atoms with Crippen molar-refractivity contribution in [2.75, 3.05) is 13.7 Å². The smallest absolute Gasteiger partial charge is 0.277 e. The van der Waals surface area contributed by atoms with Gasteiger partial charge in [-0.25, -0.2) is 5.43 Å². The normalized spacial score (nSPS) is 10.8. The Morgan fingerprint density at radius 2 is 1.75 bits per heavy atom. The van der Waals surface area contributed by atoms with E-state index in [4.69, 9.17) is 25.8 Å². The van der Waals surface area contributed by atoms with E-state index in [0.29, 0.717) is 28.9 Å². The van der Waals surface area contributed by atoms with Crippen molar-refractivity contribution in [2.45, 2.75) is 6.61 Å². The van der Waals surface area contributed by atoms with Gasteiger partial charge in [0.15, 0.2) is 18.1 Å². The minimum absolute atomic E-state index is 0.168. The number of hydrogen-bond donors (Lipinski definition) is 1. The molecule has 9 heteroatoms. The molecule has 0 aliphatic heterocycles. The molecular weight excluding hydrogens is 564 g/mol. The predicted molar refractivity (Wildman–Crippen MR) is 132 cm³/mol. The van der Waals surface area contributed by atoms with Crippen molar-refractivity contribution in [3.05, 3.63) is 85.8 Å². The molecule has 1 N–H and O–H groups in total. The minimum Gasteiger partial charge on any atom is -0.493 e. The molecule has 3 aromatic rings. The van der Waals surface area contributed by atoms with Crippen molar-refractivity contribution in [1.29, 1.82) is 0 Å². The maximum absolute atomic E-state index is 12.0. The first kappa shape index (κ1) is 24.1. The van der Waals surface area contributed by atoms with Crippen LogP contribution < -0.4 is 19.6 Å². The quantitative estimate of drug-likeness (QED) is 0.249. The van der Waals surface area contributed by atoms with Crippen LogP contribution in [0.3, 0.4) is 0 Å². The summed E-state index contributed by atoms with van der Waals surface area (Å²) in [4.78, 5) is 12.0. The number of carbonyl (C=O) groups is 1. The fourth-order valence-electron chi connectivity index (χ4n) is 2.57. The molecule has 32 heavy (non-hydrogen) atoms. The number of hydrogen-bond acceptors (Lipinski definition) is 5. The lowest BCUT2D eigenvalue weighted by Gasteiger charge is -2.11. The van der Waals surface area contributed by atoms with Crippen molar-refractivity contribution < 1.29 is 19.0 Å². The van der Waals surface area contributed by atoms with E-state index in [2.05, 4.69) is 42.4 Å². The van der Waals surface area contributed by atoms with Crippen LogP contribution in [0.15, 0.2) is 74.7 Å². The maximum atomic E-state index is 12.0. The highest BCUT2D eigenvalue weighted by Gasteiger charge is 2.07. The Morgan fingerprint density at radius 3 is 2.47 bits per heavy atom. The van der Waals surface area contributed by atoms with Crippen LogP contribution in [-0.4, -0.2) is 25.8 Å². The van der Waals surface area contributed by atoms with Gasteiger partial charge in [-0.15, -0.1) is 0 Å². The molecule has 0 aromatic heterocycles. The highest BCUT2D eigenvalue weighted by Crippen LogP contribution is 2.29. The Bertz CT molecular complexity index is 1110. The molecule has 1 amide bonds. The van der Waals surface area contributed by atoms with E-state index >= 15 is 0 Å². The number of nitrogens with one attached hydrogen (secondary N) is 1. The summed E-state index contributed by atoms with van der Waals surface area (Å²) in [6.45, 7) is 0.212. The van der Waals surface area contributed by atoms with Gasteiger partial charge in [0, 0.05) is 9.50 Å². The van der Waals surface area contributed by atoms with Gasteiger partial charge in [-0.2, -0.15) is 5.10 Å². The van der Waals surface area contributed by atoms with Gasteiger partial charge in [-0.3, -0.25) is 4.79 Å². The fourth-order valence-corrected chi connectivity index (χ4v) is 3.86. The first-order chi connectivity index (χ1) is 15.4. The largest absolute Gasteiger partial charge is 0.493 e. The number of methoxy groups -OCH3 is 1. The highest BCUT2D eigenvalue weighted by atomic mass is 79.9. The first-order valence-corrected chi connectivity index (χ1v) is 11.4. The molecule has 166 valence electrons. The van der Waals surface area contributed by atoms with Gasteiger partial charge in [-0.1, -0.05) is 39.7 Å². The molecule has 3 rings (SSSR count). The molecule has 0 bridgehead atoms. The third-order valence-electron chi connectivity index (χ3n) is 4.15. The third kappa shape index (κ3) is 7.25. The van der Waals surface area contributed by atoms with Gasteiger partial charge in [0.05, 0.1) is 17.8 Å². The molecule has 0 saturated heterocycles. The molecular formula is C23H19Br2ClN2O4. The van der Waals surface area contributed by atoms with E-state index in [1.54, 1.807) is 25.3 Å². The van der Waals surface area contributed by atoms with Crippen LogP contribution in [0.25, 0.3) is 0 Å². The topological polar surface area (TPSA) is 69.2 Å². The van der Waals surface area contributed by atoms with Crippen molar-refractivity contribution in [2.24, 2.45) is 5.10 Å². The zero-order valence-electron chi connectivity index (χ0n) is 17.0. The molecule has 0 spiro atoms. The standard InChI is InChI=1S/C23H19Br2ClN2O4/c1-30-22-10-16(4-8-21(22)31-13-15-2-6-18(26)7-3-15)12-27-28-23(29)14-32-20-9-5-17(24)11-19(20)25/h2-12H,13-14H2,1H3,(H,28,29)/b27-12+. The number of nitrogens with zero attached hydrogens (tertiary/aromatic N) is 1. The Hall–Kier alpha value is -2.55. The van der Waals surface area contributed by atoms with Crippen LogP contribution in [0.2, 0.25) is 5.02 Å². The van der Waals surface area contributed by atoms with Crippen molar-refractivity contribution in [3.63, 3.8) is 0 Å². The zero-order chi connectivity index (χ0) is 22.9. The predicted octanol–water partition coefficient (Wildman–Crippen LogP) is 5.98. The van der Waals surface area contributed by atoms with Crippen molar-refractivity contribution >= 4 is 55.6 Å². The van der Waals surface area contributed by atoms with E-state index in [9.17, 15) is 4.79 Å². The number of halogens is 3. The SMILES string of the molecule is COc1cc(/C=N/NC(=O)COc2ccc(Br)cc2Br)ccc1OCc1ccc(Cl)cc1. The van der Waals surface area contributed by atoms with Crippen molar-refractivity contribution in [3.8, 4) is 17.2 Å². The van der Waals surface area contributed by atoms with Crippen LogP contribution in [0.4, 0.5) is 0 Å². The summed E-state index contributed by atoms with van der Waals surface area (Å²) in [5, 5.41) is 4.64. The Morgan fingerprint density at radius 1 is 1.00 bits per heavy atom.